The Bertz CT molecular complexity index is 485. The van der Waals surface area contributed by atoms with E-state index in [9.17, 15) is 4.79 Å². The fraction of sp³-hybridized carbons (Fsp3) is 0.647. The zero-order chi connectivity index (χ0) is 15.3. The first-order valence-corrected chi connectivity index (χ1v) is 8.00. The summed E-state index contributed by atoms with van der Waals surface area (Å²) >= 11 is 0. The van der Waals surface area contributed by atoms with E-state index in [0.717, 1.165) is 31.5 Å². The highest BCUT2D eigenvalue weighted by molar-refractivity contribution is 5.99. The highest BCUT2D eigenvalue weighted by Crippen LogP contribution is 2.35. The normalized spacial score (nSPS) is 20.8. The molecule has 1 heterocycles. The van der Waals surface area contributed by atoms with E-state index >= 15 is 0 Å². The number of nitrogens with zero attached hydrogens (tertiary/aromatic N) is 1. The van der Waals surface area contributed by atoms with Crippen molar-refractivity contribution in [3.63, 3.8) is 0 Å². The SMILES string of the molecule is CCCNc1cnccc1C(=O)NC1CCCC(C)(C)C1. The minimum absolute atomic E-state index is 0.0127. The van der Waals surface area contributed by atoms with Crippen molar-refractivity contribution in [3.8, 4) is 0 Å². The third-order valence-corrected chi connectivity index (χ3v) is 4.17. The van der Waals surface area contributed by atoms with Crippen LogP contribution in [0.2, 0.25) is 0 Å². The number of hydrogen-bond donors (Lipinski definition) is 2. The highest BCUT2D eigenvalue weighted by atomic mass is 16.1. The van der Waals surface area contributed by atoms with Crippen LogP contribution in [-0.4, -0.2) is 23.5 Å². The second kappa shape index (κ2) is 6.92. The molecular formula is C17H27N3O. The molecule has 21 heavy (non-hydrogen) atoms. The summed E-state index contributed by atoms with van der Waals surface area (Å²) in [6.45, 7) is 7.52. The van der Waals surface area contributed by atoms with E-state index in [0.29, 0.717) is 11.0 Å². The molecule has 4 heteroatoms. The largest absolute Gasteiger partial charge is 0.383 e. The van der Waals surface area contributed by atoms with Crippen LogP contribution in [0.15, 0.2) is 18.5 Å². The van der Waals surface area contributed by atoms with Crippen molar-refractivity contribution in [2.75, 3.05) is 11.9 Å². The van der Waals surface area contributed by atoms with Gasteiger partial charge in [-0.2, -0.15) is 0 Å². The summed E-state index contributed by atoms with van der Waals surface area (Å²) in [7, 11) is 0. The van der Waals surface area contributed by atoms with Gasteiger partial charge in [0.1, 0.15) is 0 Å². The number of aromatic nitrogens is 1. The van der Waals surface area contributed by atoms with Gasteiger partial charge in [-0.3, -0.25) is 9.78 Å². The minimum atomic E-state index is 0.0127. The molecule has 1 aliphatic rings. The molecule has 1 fully saturated rings. The molecule has 2 N–H and O–H groups in total. The van der Waals surface area contributed by atoms with Crippen LogP contribution in [0.3, 0.4) is 0 Å². The molecule has 0 saturated heterocycles. The summed E-state index contributed by atoms with van der Waals surface area (Å²) in [5.74, 6) is 0.0127. The van der Waals surface area contributed by atoms with Gasteiger partial charge in [-0.1, -0.05) is 27.2 Å². The number of carbonyl (C=O) groups excluding carboxylic acids is 1. The molecule has 1 aromatic rings. The van der Waals surface area contributed by atoms with Crippen molar-refractivity contribution < 1.29 is 4.79 Å². The number of hydrogen-bond acceptors (Lipinski definition) is 3. The van der Waals surface area contributed by atoms with E-state index in [2.05, 4.69) is 36.4 Å². The smallest absolute Gasteiger partial charge is 0.253 e. The molecule has 1 amide bonds. The summed E-state index contributed by atoms with van der Waals surface area (Å²) in [4.78, 5) is 16.6. The van der Waals surface area contributed by atoms with Crippen molar-refractivity contribution in [2.24, 2.45) is 5.41 Å². The van der Waals surface area contributed by atoms with Crippen LogP contribution in [0.5, 0.6) is 0 Å². The van der Waals surface area contributed by atoms with E-state index in [-0.39, 0.29) is 11.9 Å². The molecule has 1 atom stereocenters. The molecule has 0 radical (unpaired) electrons. The third kappa shape index (κ3) is 4.45. The predicted molar refractivity (Wildman–Crippen MR) is 86.5 cm³/mol. The van der Waals surface area contributed by atoms with Gasteiger partial charge in [-0.15, -0.1) is 0 Å². The number of pyridine rings is 1. The molecule has 0 bridgehead atoms. The summed E-state index contributed by atoms with van der Waals surface area (Å²) in [6.07, 6.45) is 9.01. The molecule has 116 valence electrons. The zero-order valence-corrected chi connectivity index (χ0v) is 13.4. The quantitative estimate of drug-likeness (QED) is 0.870. The first-order chi connectivity index (χ1) is 10.0. The molecule has 0 aliphatic heterocycles. The topological polar surface area (TPSA) is 54.0 Å². The monoisotopic (exact) mass is 289 g/mol. The Kier molecular flexibility index (Phi) is 5.21. The maximum Gasteiger partial charge on any atom is 0.253 e. The van der Waals surface area contributed by atoms with Crippen LogP contribution in [0.1, 0.15) is 63.2 Å². The molecule has 1 aromatic heterocycles. The van der Waals surface area contributed by atoms with Crippen molar-refractivity contribution in [1.29, 1.82) is 0 Å². The lowest BCUT2D eigenvalue weighted by Crippen LogP contribution is -2.40. The first-order valence-electron chi connectivity index (χ1n) is 8.00. The Morgan fingerprint density at radius 2 is 2.29 bits per heavy atom. The molecule has 4 nitrogen and oxygen atoms in total. The van der Waals surface area contributed by atoms with Gasteiger partial charge in [0.05, 0.1) is 17.4 Å². The standard InChI is InChI=1S/C17H27N3O/c1-4-9-19-15-12-18-10-7-14(15)16(21)20-13-6-5-8-17(2,3)11-13/h7,10,12-13,19H,4-6,8-9,11H2,1-3H3,(H,20,21). The predicted octanol–water partition coefficient (Wildman–Crippen LogP) is 3.60. The van der Waals surface area contributed by atoms with E-state index < -0.39 is 0 Å². The molecule has 1 unspecified atom stereocenters. The Labute approximate surface area is 127 Å². The van der Waals surface area contributed by atoms with Gasteiger partial charge in [0.2, 0.25) is 0 Å². The average Bonchev–Trinajstić information content (AvgIpc) is 2.44. The summed E-state index contributed by atoms with van der Waals surface area (Å²) < 4.78 is 0. The van der Waals surface area contributed by atoms with Crippen LogP contribution in [0, 0.1) is 5.41 Å². The Balaban J connectivity index is 2.03. The molecular weight excluding hydrogens is 262 g/mol. The number of anilines is 1. The van der Waals surface area contributed by atoms with Gasteiger partial charge >= 0.3 is 0 Å². The van der Waals surface area contributed by atoms with Crippen molar-refractivity contribution in [1.82, 2.24) is 10.3 Å². The third-order valence-electron chi connectivity index (χ3n) is 4.17. The first kappa shape index (κ1) is 15.8. The van der Waals surface area contributed by atoms with E-state index in [1.165, 1.54) is 12.8 Å². The summed E-state index contributed by atoms with van der Waals surface area (Å²) in [6, 6.07) is 2.08. The van der Waals surface area contributed by atoms with Gasteiger partial charge in [0.15, 0.2) is 0 Å². The molecule has 1 saturated carbocycles. The van der Waals surface area contributed by atoms with Crippen LogP contribution in [0.4, 0.5) is 5.69 Å². The second-order valence-electron chi connectivity index (χ2n) is 6.78. The maximum atomic E-state index is 12.5. The average molecular weight is 289 g/mol. The lowest BCUT2D eigenvalue weighted by atomic mass is 9.75. The number of rotatable bonds is 5. The van der Waals surface area contributed by atoms with Crippen molar-refractivity contribution in [3.05, 3.63) is 24.0 Å². The zero-order valence-electron chi connectivity index (χ0n) is 13.4. The Morgan fingerprint density at radius 3 is 3.00 bits per heavy atom. The molecule has 0 aromatic carbocycles. The van der Waals surface area contributed by atoms with Crippen LogP contribution < -0.4 is 10.6 Å². The number of amides is 1. The van der Waals surface area contributed by atoms with Gasteiger partial charge < -0.3 is 10.6 Å². The lowest BCUT2D eigenvalue weighted by molar-refractivity contribution is 0.0903. The van der Waals surface area contributed by atoms with Crippen molar-refractivity contribution in [2.45, 2.75) is 58.9 Å². The Hall–Kier alpha value is -1.58. The number of carbonyl (C=O) groups is 1. The highest BCUT2D eigenvalue weighted by Gasteiger charge is 2.29. The minimum Gasteiger partial charge on any atom is -0.383 e. The van der Waals surface area contributed by atoms with Gasteiger partial charge in [-0.05, 0) is 37.2 Å². The molecule has 0 spiro atoms. The van der Waals surface area contributed by atoms with Crippen LogP contribution in [0.25, 0.3) is 0 Å². The maximum absolute atomic E-state index is 12.5. The van der Waals surface area contributed by atoms with E-state index in [1.54, 1.807) is 18.5 Å². The van der Waals surface area contributed by atoms with Gasteiger partial charge in [0.25, 0.3) is 5.91 Å². The summed E-state index contributed by atoms with van der Waals surface area (Å²) in [5, 5.41) is 6.47. The van der Waals surface area contributed by atoms with E-state index in [1.807, 2.05) is 0 Å². The summed E-state index contributed by atoms with van der Waals surface area (Å²) in [5.41, 5.74) is 1.85. The van der Waals surface area contributed by atoms with Crippen LogP contribution in [-0.2, 0) is 0 Å². The van der Waals surface area contributed by atoms with Gasteiger partial charge in [0, 0.05) is 18.8 Å². The fourth-order valence-corrected chi connectivity index (χ4v) is 3.08. The van der Waals surface area contributed by atoms with Crippen molar-refractivity contribution >= 4 is 11.6 Å². The van der Waals surface area contributed by atoms with Gasteiger partial charge in [-0.25, -0.2) is 0 Å². The second-order valence-corrected chi connectivity index (χ2v) is 6.78. The Morgan fingerprint density at radius 1 is 1.48 bits per heavy atom. The molecule has 2 rings (SSSR count). The van der Waals surface area contributed by atoms with Crippen LogP contribution >= 0.6 is 0 Å². The fourth-order valence-electron chi connectivity index (χ4n) is 3.08. The number of nitrogens with one attached hydrogen (secondary N) is 2. The van der Waals surface area contributed by atoms with E-state index in [4.69, 9.17) is 0 Å². The molecule has 1 aliphatic carbocycles. The lowest BCUT2D eigenvalue weighted by Gasteiger charge is -2.35.